The summed E-state index contributed by atoms with van der Waals surface area (Å²) in [6, 6.07) is 7.66. The zero-order chi connectivity index (χ0) is 11.9. The molecule has 1 spiro atoms. The molecule has 0 aromatic heterocycles. The Kier molecular flexibility index (Phi) is 2.19. The highest BCUT2D eigenvalue weighted by Crippen LogP contribution is 2.47. The summed E-state index contributed by atoms with van der Waals surface area (Å²) in [4.78, 5) is 12.2. The van der Waals surface area contributed by atoms with Gasteiger partial charge in [-0.1, -0.05) is 19.3 Å². The molecule has 0 radical (unpaired) electrons. The number of nitriles is 1. The van der Waals surface area contributed by atoms with Crippen molar-refractivity contribution in [1.29, 1.82) is 5.26 Å². The van der Waals surface area contributed by atoms with Gasteiger partial charge >= 0.3 is 0 Å². The van der Waals surface area contributed by atoms with Crippen LogP contribution in [0.15, 0.2) is 18.2 Å². The molecular formula is C14H14N2O. The molecule has 1 aliphatic heterocycles. The molecule has 2 aliphatic rings. The van der Waals surface area contributed by atoms with Crippen LogP contribution in [0.2, 0.25) is 0 Å². The van der Waals surface area contributed by atoms with E-state index in [-0.39, 0.29) is 11.3 Å². The molecule has 1 fully saturated rings. The van der Waals surface area contributed by atoms with E-state index in [0.29, 0.717) is 5.56 Å². The molecule has 0 unspecified atom stereocenters. The maximum atomic E-state index is 12.2. The molecule has 1 heterocycles. The largest absolute Gasteiger partial charge is 0.325 e. The van der Waals surface area contributed by atoms with Crippen molar-refractivity contribution in [3.63, 3.8) is 0 Å². The van der Waals surface area contributed by atoms with Crippen LogP contribution >= 0.6 is 0 Å². The zero-order valence-corrected chi connectivity index (χ0v) is 9.62. The number of benzene rings is 1. The summed E-state index contributed by atoms with van der Waals surface area (Å²) < 4.78 is 0. The molecule has 1 aromatic carbocycles. The minimum Gasteiger partial charge on any atom is -0.325 e. The second kappa shape index (κ2) is 3.59. The lowest BCUT2D eigenvalue weighted by Crippen LogP contribution is -2.36. The van der Waals surface area contributed by atoms with Crippen LogP contribution in [0, 0.1) is 11.3 Å². The molecule has 1 aromatic rings. The molecule has 1 aliphatic carbocycles. The van der Waals surface area contributed by atoms with Crippen molar-refractivity contribution in [1.82, 2.24) is 0 Å². The Morgan fingerprint density at radius 1 is 1.24 bits per heavy atom. The fourth-order valence-corrected chi connectivity index (χ4v) is 3.13. The minimum atomic E-state index is -0.347. The highest BCUT2D eigenvalue weighted by molar-refractivity contribution is 6.06. The first-order chi connectivity index (χ1) is 8.26. The van der Waals surface area contributed by atoms with Crippen LogP contribution in [-0.4, -0.2) is 5.91 Å². The summed E-state index contributed by atoms with van der Waals surface area (Å²) in [6.45, 7) is 0. The molecule has 17 heavy (non-hydrogen) atoms. The SMILES string of the molecule is N#Cc1ccc2c(c1)C1(CCCCC1)C(=O)N2. The zero-order valence-electron chi connectivity index (χ0n) is 9.62. The number of nitrogens with one attached hydrogen (secondary N) is 1. The topological polar surface area (TPSA) is 52.9 Å². The fourth-order valence-electron chi connectivity index (χ4n) is 3.13. The molecule has 3 heteroatoms. The standard InChI is InChI=1S/C14H14N2O/c15-9-10-4-5-12-11(8-10)14(13(17)16-12)6-2-1-3-7-14/h4-5,8H,1-3,6-7H2,(H,16,17). The van der Waals surface area contributed by atoms with E-state index in [9.17, 15) is 4.79 Å². The maximum absolute atomic E-state index is 12.2. The number of hydrogen-bond acceptors (Lipinski definition) is 2. The van der Waals surface area contributed by atoms with Gasteiger partial charge in [0.1, 0.15) is 0 Å². The summed E-state index contributed by atoms with van der Waals surface area (Å²) in [5, 5.41) is 11.9. The minimum absolute atomic E-state index is 0.127. The van der Waals surface area contributed by atoms with Gasteiger partial charge in [0.15, 0.2) is 0 Å². The lowest BCUT2D eigenvalue weighted by molar-refractivity contribution is -0.121. The van der Waals surface area contributed by atoms with Crippen LogP contribution in [0.5, 0.6) is 0 Å². The predicted octanol–water partition coefficient (Wildman–Crippen LogP) is 2.71. The number of nitrogens with zero attached hydrogens (tertiary/aromatic N) is 1. The Morgan fingerprint density at radius 2 is 2.00 bits per heavy atom. The molecule has 0 bridgehead atoms. The molecule has 86 valence electrons. The van der Waals surface area contributed by atoms with Crippen molar-refractivity contribution in [3.05, 3.63) is 29.3 Å². The van der Waals surface area contributed by atoms with Crippen molar-refractivity contribution in [2.45, 2.75) is 37.5 Å². The average molecular weight is 226 g/mol. The summed E-state index contributed by atoms with van der Waals surface area (Å²) in [5.41, 5.74) is 2.24. The summed E-state index contributed by atoms with van der Waals surface area (Å²) >= 11 is 0. The van der Waals surface area contributed by atoms with Crippen LogP contribution in [0.4, 0.5) is 5.69 Å². The third-order valence-electron chi connectivity index (χ3n) is 4.05. The quantitative estimate of drug-likeness (QED) is 0.739. The molecule has 0 saturated heterocycles. The lowest BCUT2D eigenvalue weighted by atomic mass is 9.70. The van der Waals surface area contributed by atoms with Crippen LogP contribution in [0.1, 0.15) is 43.2 Å². The van der Waals surface area contributed by atoms with E-state index >= 15 is 0 Å². The van der Waals surface area contributed by atoms with E-state index in [2.05, 4.69) is 11.4 Å². The average Bonchev–Trinajstić information content (AvgIpc) is 2.63. The van der Waals surface area contributed by atoms with E-state index < -0.39 is 0 Å². The summed E-state index contributed by atoms with van der Waals surface area (Å²) in [6.07, 6.45) is 5.25. The number of fused-ring (bicyclic) bond motifs is 2. The van der Waals surface area contributed by atoms with E-state index in [4.69, 9.17) is 5.26 Å². The highest BCUT2D eigenvalue weighted by Gasteiger charge is 2.46. The fraction of sp³-hybridized carbons (Fsp3) is 0.429. The van der Waals surface area contributed by atoms with Gasteiger partial charge in [-0.2, -0.15) is 5.26 Å². The number of hydrogen-bond donors (Lipinski definition) is 1. The second-order valence-corrected chi connectivity index (χ2v) is 4.97. The maximum Gasteiger partial charge on any atom is 0.235 e. The van der Waals surface area contributed by atoms with Gasteiger partial charge < -0.3 is 5.32 Å². The Balaban J connectivity index is 2.14. The third-order valence-corrected chi connectivity index (χ3v) is 4.05. The van der Waals surface area contributed by atoms with Crippen LogP contribution in [0.25, 0.3) is 0 Å². The number of rotatable bonds is 0. The van der Waals surface area contributed by atoms with Gasteiger partial charge in [-0.15, -0.1) is 0 Å². The molecule has 1 saturated carbocycles. The van der Waals surface area contributed by atoms with E-state index in [1.807, 2.05) is 12.1 Å². The number of anilines is 1. The monoisotopic (exact) mass is 226 g/mol. The number of carbonyl (C=O) groups is 1. The van der Waals surface area contributed by atoms with Gasteiger partial charge in [-0.05, 0) is 36.6 Å². The lowest BCUT2D eigenvalue weighted by Gasteiger charge is -2.31. The molecule has 3 rings (SSSR count). The summed E-state index contributed by atoms with van der Waals surface area (Å²) in [7, 11) is 0. The Labute approximate surface area is 100 Å². The van der Waals surface area contributed by atoms with E-state index in [0.717, 1.165) is 36.9 Å². The van der Waals surface area contributed by atoms with Crippen molar-refractivity contribution in [3.8, 4) is 6.07 Å². The Bertz CT molecular complexity index is 522. The van der Waals surface area contributed by atoms with Crippen molar-refractivity contribution in [2.24, 2.45) is 0 Å². The molecular weight excluding hydrogens is 212 g/mol. The second-order valence-electron chi connectivity index (χ2n) is 4.97. The third kappa shape index (κ3) is 1.37. The molecule has 1 amide bonds. The Morgan fingerprint density at radius 3 is 2.71 bits per heavy atom. The smallest absolute Gasteiger partial charge is 0.235 e. The molecule has 1 N–H and O–H groups in total. The van der Waals surface area contributed by atoms with Crippen LogP contribution < -0.4 is 5.32 Å². The van der Waals surface area contributed by atoms with Crippen LogP contribution in [0.3, 0.4) is 0 Å². The predicted molar refractivity (Wildman–Crippen MR) is 64.5 cm³/mol. The van der Waals surface area contributed by atoms with Gasteiger partial charge in [0, 0.05) is 5.69 Å². The first kappa shape index (κ1) is 10.3. The van der Waals surface area contributed by atoms with Gasteiger partial charge in [0.25, 0.3) is 0 Å². The number of amides is 1. The van der Waals surface area contributed by atoms with Crippen LogP contribution in [-0.2, 0) is 10.2 Å². The molecule has 3 nitrogen and oxygen atoms in total. The molecule has 0 atom stereocenters. The van der Waals surface area contributed by atoms with Crippen molar-refractivity contribution in [2.75, 3.05) is 5.32 Å². The van der Waals surface area contributed by atoms with Crippen molar-refractivity contribution < 1.29 is 4.79 Å². The number of carbonyl (C=O) groups excluding carboxylic acids is 1. The van der Waals surface area contributed by atoms with E-state index in [1.54, 1.807) is 6.07 Å². The van der Waals surface area contributed by atoms with Gasteiger partial charge in [-0.25, -0.2) is 0 Å². The normalized spacial score (nSPS) is 20.8. The van der Waals surface area contributed by atoms with Crippen molar-refractivity contribution >= 4 is 11.6 Å². The highest BCUT2D eigenvalue weighted by atomic mass is 16.2. The van der Waals surface area contributed by atoms with Gasteiger partial charge in [-0.3, -0.25) is 4.79 Å². The van der Waals surface area contributed by atoms with Gasteiger partial charge in [0.2, 0.25) is 5.91 Å². The Hall–Kier alpha value is -1.82. The summed E-state index contributed by atoms with van der Waals surface area (Å²) in [5.74, 6) is 0.127. The first-order valence-corrected chi connectivity index (χ1v) is 6.12. The van der Waals surface area contributed by atoms with E-state index in [1.165, 1.54) is 6.42 Å². The van der Waals surface area contributed by atoms with Gasteiger partial charge in [0.05, 0.1) is 17.0 Å². The first-order valence-electron chi connectivity index (χ1n) is 6.12.